The lowest BCUT2D eigenvalue weighted by Crippen LogP contribution is -1.98. The number of hydrogen-bond acceptors (Lipinski definition) is 3. The lowest BCUT2D eigenvalue weighted by molar-refractivity contribution is 0.330. The fourth-order valence-corrected chi connectivity index (χ4v) is 0.666. The van der Waals surface area contributed by atoms with Crippen LogP contribution in [-0.2, 0) is 7.05 Å². The quantitative estimate of drug-likeness (QED) is 0.648. The molecule has 1 heterocycles. The van der Waals surface area contributed by atoms with E-state index >= 15 is 0 Å². The first kappa shape index (κ1) is 6.92. The van der Waals surface area contributed by atoms with E-state index in [0.29, 0.717) is 18.3 Å². The van der Waals surface area contributed by atoms with E-state index in [1.165, 1.54) is 0 Å². The number of hydrogen-bond donors (Lipinski definition) is 1. The molecule has 4 nitrogen and oxygen atoms in total. The van der Waals surface area contributed by atoms with Crippen molar-refractivity contribution in [1.82, 2.24) is 9.55 Å². The van der Waals surface area contributed by atoms with Crippen molar-refractivity contribution in [3.05, 3.63) is 6.33 Å². The average molecular weight is 141 g/mol. The van der Waals surface area contributed by atoms with E-state index in [-0.39, 0.29) is 0 Å². The number of aromatic nitrogens is 2. The highest BCUT2D eigenvalue weighted by molar-refractivity contribution is 5.41. The van der Waals surface area contributed by atoms with Crippen molar-refractivity contribution in [1.29, 1.82) is 0 Å². The number of anilines is 1. The molecule has 0 atom stereocenters. The lowest BCUT2D eigenvalue weighted by Gasteiger charge is -1.98. The van der Waals surface area contributed by atoms with Gasteiger partial charge in [-0.1, -0.05) is 0 Å². The third-order valence-corrected chi connectivity index (χ3v) is 1.23. The molecule has 1 aromatic heterocycles. The van der Waals surface area contributed by atoms with Gasteiger partial charge in [0, 0.05) is 7.05 Å². The zero-order valence-corrected chi connectivity index (χ0v) is 6.16. The van der Waals surface area contributed by atoms with Gasteiger partial charge in [0.15, 0.2) is 5.82 Å². The van der Waals surface area contributed by atoms with Crippen molar-refractivity contribution in [3.63, 3.8) is 0 Å². The minimum atomic E-state index is 0.519. The predicted molar refractivity (Wildman–Crippen MR) is 38.8 cm³/mol. The summed E-state index contributed by atoms with van der Waals surface area (Å²) in [5.41, 5.74) is 5.56. The molecule has 1 aromatic rings. The van der Waals surface area contributed by atoms with Crippen molar-refractivity contribution in [2.45, 2.75) is 6.92 Å². The molecule has 0 saturated carbocycles. The Morgan fingerprint density at radius 3 is 2.90 bits per heavy atom. The summed E-state index contributed by atoms with van der Waals surface area (Å²) in [5, 5.41) is 0. The molecular weight excluding hydrogens is 130 g/mol. The van der Waals surface area contributed by atoms with Gasteiger partial charge >= 0.3 is 0 Å². The zero-order chi connectivity index (χ0) is 7.56. The van der Waals surface area contributed by atoms with Gasteiger partial charge in [-0.05, 0) is 6.92 Å². The molecule has 0 radical (unpaired) electrons. The molecule has 0 aromatic carbocycles. The normalized spacial score (nSPS) is 9.80. The molecule has 4 heteroatoms. The molecule has 56 valence electrons. The van der Waals surface area contributed by atoms with Crippen molar-refractivity contribution in [3.8, 4) is 5.88 Å². The second-order valence-electron chi connectivity index (χ2n) is 1.98. The van der Waals surface area contributed by atoms with Gasteiger partial charge in [-0.25, -0.2) is 4.98 Å². The number of nitrogens with zero attached hydrogens (tertiary/aromatic N) is 2. The molecule has 10 heavy (non-hydrogen) atoms. The van der Waals surface area contributed by atoms with Gasteiger partial charge in [0.05, 0.1) is 6.61 Å². The van der Waals surface area contributed by atoms with Crippen LogP contribution in [0, 0.1) is 0 Å². The molecule has 0 aliphatic carbocycles. The molecule has 0 unspecified atom stereocenters. The molecule has 0 spiro atoms. The summed E-state index contributed by atoms with van der Waals surface area (Å²) in [7, 11) is 1.82. The SMILES string of the molecule is CCOc1ncn(C)c1N. The van der Waals surface area contributed by atoms with Crippen LogP contribution in [0.25, 0.3) is 0 Å². The molecule has 0 fully saturated rings. The molecule has 0 aliphatic heterocycles. The molecule has 0 saturated heterocycles. The molecule has 0 bridgehead atoms. The summed E-state index contributed by atoms with van der Waals surface area (Å²) in [6.07, 6.45) is 1.63. The van der Waals surface area contributed by atoms with Gasteiger partial charge in [-0.15, -0.1) is 0 Å². The van der Waals surface area contributed by atoms with E-state index in [0.717, 1.165) is 0 Å². The average Bonchev–Trinajstić information content (AvgIpc) is 2.20. The number of rotatable bonds is 2. The first-order valence-corrected chi connectivity index (χ1v) is 3.15. The van der Waals surface area contributed by atoms with Crippen molar-refractivity contribution in [2.75, 3.05) is 12.3 Å². The first-order chi connectivity index (χ1) is 4.75. The Morgan fingerprint density at radius 2 is 2.50 bits per heavy atom. The highest BCUT2D eigenvalue weighted by Gasteiger charge is 2.03. The van der Waals surface area contributed by atoms with Gasteiger partial charge < -0.3 is 15.0 Å². The second-order valence-corrected chi connectivity index (χ2v) is 1.98. The van der Waals surface area contributed by atoms with Crippen LogP contribution >= 0.6 is 0 Å². The van der Waals surface area contributed by atoms with Crippen molar-refractivity contribution >= 4 is 5.82 Å². The molecule has 2 N–H and O–H groups in total. The number of nitrogen functional groups attached to an aromatic ring is 1. The monoisotopic (exact) mass is 141 g/mol. The molecule has 1 rings (SSSR count). The van der Waals surface area contributed by atoms with E-state index in [1.54, 1.807) is 10.9 Å². The molecule has 0 amide bonds. The van der Waals surface area contributed by atoms with Gasteiger partial charge in [-0.2, -0.15) is 0 Å². The van der Waals surface area contributed by atoms with Crippen molar-refractivity contribution in [2.24, 2.45) is 7.05 Å². The largest absolute Gasteiger partial charge is 0.475 e. The molecular formula is C6H11N3O. The van der Waals surface area contributed by atoms with E-state index in [2.05, 4.69) is 4.98 Å². The van der Waals surface area contributed by atoms with E-state index in [4.69, 9.17) is 10.5 Å². The number of imidazole rings is 1. The smallest absolute Gasteiger partial charge is 0.256 e. The number of nitrogens with two attached hydrogens (primary N) is 1. The minimum Gasteiger partial charge on any atom is -0.475 e. The second kappa shape index (κ2) is 2.60. The van der Waals surface area contributed by atoms with Gasteiger partial charge in [0.2, 0.25) is 0 Å². The Balaban J connectivity index is 2.83. The third kappa shape index (κ3) is 1.05. The maximum Gasteiger partial charge on any atom is 0.256 e. The topological polar surface area (TPSA) is 53.1 Å². The Kier molecular flexibility index (Phi) is 1.80. The maximum atomic E-state index is 5.56. The Bertz CT molecular complexity index is 219. The van der Waals surface area contributed by atoms with Crippen LogP contribution in [0.1, 0.15) is 6.92 Å². The van der Waals surface area contributed by atoms with E-state index in [1.807, 2.05) is 14.0 Å². The molecule has 0 aliphatic rings. The Morgan fingerprint density at radius 1 is 1.80 bits per heavy atom. The van der Waals surface area contributed by atoms with Crippen LogP contribution < -0.4 is 10.5 Å². The summed E-state index contributed by atoms with van der Waals surface area (Å²) in [4.78, 5) is 3.92. The zero-order valence-electron chi connectivity index (χ0n) is 6.16. The third-order valence-electron chi connectivity index (χ3n) is 1.23. The van der Waals surface area contributed by atoms with Crippen LogP contribution in [0.2, 0.25) is 0 Å². The number of ether oxygens (including phenoxy) is 1. The van der Waals surface area contributed by atoms with Crippen LogP contribution in [-0.4, -0.2) is 16.2 Å². The van der Waals surface area contributed by atoms with E-state index in [9.17, 15) is 0 Å². The van der Waals surface area contributed by atoms with Gasteiger partial charge in [0.25, 0.3) is 5.88 Å². The maximum absolute atomic E-state index is 5.56. The van der Waals surface area contributed by atoms with Crippen molar-refractivity contribution < 1.29 is 4.74 Å². The summed E-state index contributed by atoms with van der Waals surface area (Å²) in [6.45, 7) is 2.50. The first-order valence-electron chi connectivity index (χ1n) is 3.15. The summed E-state index contributed by atoms with van der Waals surface area (Å²) >= 11 is 0. The van der Waals surface area contributed by atoms with Gasteiger partial charge in [-0.3, -0.25) is 0 Å². The Hall–Kier alpha value is -1.19. The summed E-state index contributed by atoms with van der Waals surface area (Å²) < 4.78 is 6.81. The fourth-order valence-electron chi connectivity index (χ4n) is 0.666. The summed E-state index contributed by atoms with van der Waals surface area (Å²) in [5.74, 6) is 1.09. The lowest BCUT2D eigenvalue weighted by atomic mass is 10.7. The Labute approximate surface area is 59.6 Å². The highest BCUT2D eigenvalue weighted by atomic mass is 16.5. The van der Waals surface area contributed by atoms with Crippen LogP contribution in [0.4, 0.5) is 5.82 Å². The minimum absolute atomic E-state index is 0.519. The summed E-state index contributed by atoms with van der Waals surface area (Å²) in [6, 6.07) is 0. The number of aryl methyl sites for hydroxylation is 1. The standard InChI is InChI=1S/C6H11N3O/c1-3-10-6-5(7)9(2)4-8-6/h4H,3,7H2,1-2H3. The van der Waals surface area contributed by atoms with Gasteiger partial charge in [0.1, 0.15) is 6.33 Å². The fraction of sp³-hybridized carbons (Fsp3) is 0.500. The van der Waals surface area contributed by atoms with E-state index < -0.39 is 0 Å². The van der Waals surface area contributed by atoms with Crippen LogP contribution in [0.3, 0.4) is 0 Å². The highest BCUT2D eigenvalue weighted by Crippen LogP contribution is 2.16. The van der Waals surface area contributed by atoms with Crippen LogP contribution in [0.15, 0.2) is 6.33 Å². The van der Waals surface area contributed by atoms with Crippen LogP contribution in [0.5, 0.6) is 5.88 Å². The predicted octanol–water partition coefficient (Wildman–Crippen LogP) is 0.401.